The summed E-state index contributed by atoms with van der Waals surface area (Å²) in [7, 11) is 0. The van der Waals surface area contributed by atoms with E-state index in [1.165, 1.54) is 0 Å². The molecule has 92 valence electrons. The zero-order chi connectivity index (χ0) is 11.8. The van der Waals surface area contributed by atoms with Gasteiger partial charge in [0.2, 0.25) is 5.91 Å². The number of aliphatic hydroxyl groups excluding tert-OH is 1. The molecule has 0 radical (unpaired) electrons. The van der Waals surface area contributed by atoms with Crippen molar-refractivity contribution in [2.75, 3.05) is 6.54 Å². The molecule has 1 aliphatic heterocycles. The normalized spacial score (nSPS) is 35.2. The third kappa shape index (κ3) is 2.24. The molecule has 0 aromatic carbocycles. The molecule has 1 saturated heterocycles. The standard InChI is InChI=1S/C13H23NO2/c1-13(2)7-6-10(15)9-11(13)14-8-4-3-5-12(14)16/h10-11,15H,3-9H2,1-2H3. The van der Waals surface area contributed by atoms with Crippen LogP contribution in [0.2, 0.25) is 0 Å². The molecule has 0 aromatic heterocycles. The molecule has 16 heavy (non-hydrogen) atoms. The van der Waals surface area contributed by atoms with Gasteiger partial charge >= 0.3 is 0 Å². The molecular formula is C13H23NO2. The summed E-state index contributed by atoms with van der Waals surface area (Å²) in [5.74, 6) is 0.290. The first-order valence-corrected chi connectivity index (χ1v) is 6.48. The van der Waals surface area contributed by atoms with Crippen LogP contribution in [0.3, 0.4) is 0 Å². The van der Waals surface area contributed by atoms with Crippen molar-refractivity contribution in [3.63, 3.8) is 0 Å². The molecule has 1 heterocycles. The van der Waals surface area contributed by atoms with Crippen molar-refractivity contribution < 1.29 is 9.90 Å². The topological polar surface area (TPSA) is 40.5 Å². The van der Waals surface area contributed by atoms with E-state index in [4.69, 9.17) is 0 Å². The Bertz CT molecular complexity index is 275. The van der Waals surface area contributed by atoms with Crippen LogP contribution in [0.1, 0.15) is 52.4 Å². The predicted molar refractivity (Wildman–Crippen MR) is 63.0 cm³/mol. The summed E-state index contributed by atoms with van der Waals surface area (Å²) in [6, 6.07) is 0.240. The molecule has 0 aromatic rings. The lowest BCUT2D eigenvalue weighted by atomic mass is 9.71. The van der Waals surface area contributed by atoms with Crippen molar-refractivity contribution in [3.05, 3.63) is 0 Å². The minimum Gasteiger partial charge on any atom is -0.393 e. The van der Waals surface area contributed by atoms with Gasteiger partial charge in [-0.1, -0.05) is 13.8 Å². The summed E-state index contributed by atoms with van der Waals surface area (Å²) in [4.78, 5) is 14.0. The second kappa shape index (κ2) is 4.36. The van der Waals surface area contributed by atoms with E-state index in [1.807, 2.05) is 4.90 Å². The maximum Gasteiger partial charge on any atom is 0.222 e. The van der Waals surface area contributed by atoms with E-state index in [-0.39, 0.29) is 17.6 Å². The van der Waals surface area contributed by atoms with Gasteiger partial charge in [0, 0.05) is 19.0 Å². The minimum absolute atomic E-state index is 0.159. The van der Waals surface area contributed by atoms with Crippen molar-refractivity contribution in [2.45, 2.75) is 64.5 Å². The van der Waals surface area contributed by atoms with Crippen LogP contribution < -0.4 is 0 Å². The van der Waals surface area contributed by atoms with Crippen LogP contribution in [0.5, 0.6) is 0 Å². The van der Waals surface area contributed by atoms with Crippen LogP contribution in [0.25, 0.3) is 0 Å². The van der Waals surface area contributed by atoms with Crippen LogP contribution in [-0.2, 0) is 4.79 Å². The van der Waals surface area contributed by atoms with Gasteiger partial charge in [-0.3, -0.25) is 4.79 Å². The third-order valence-electron chi connectivity index (χ3n) is 4.26. The van der Waals surface area contributed by atoms with Crippen LogP contribution in [0.15, 0.2) is 0 Å². The molecule has 1 N–H and O–H groups in total. The number of hydrogen-bond donors (Lipinski definition) is 1. The molecule has 2 atom stereocenters. The van der Waals surface area contributed by atoms with Gasteiger partial charge in [-0.2, -0.15) is 0 Å². The molecule has 0 bridgehead atoms. The first kappa shape index (κ1) is 11.9. The summed E-state index contributed by atoms with van der Waals surface area (Å²) in [6.07, 6.45) is 5.29. The Morgan fingerprint density at radius 3 is 2.81 bits per heavy atom. The van der Waals surface area contributed by atoms with E-state index in [1.54, 1.807) is 0 Å². The average Bonchev–Trinajstić information content (AvgIpc) is 2.23. The average molecular weight is 225 g/mol. The van der Waals surface area contributed by atoms with Gasteiger partial charge in [-0.15, -0.1) is 0 Å². The van der Waals surface area contributed by atoms with Gasteiger partial charge < -0.3 is 10.0 Å². The van der Waals surface area contributed by atoms with E-state index in [2.05, 4.69) is 13.8 Å². The lowest BCUT2D eigenvalue weighted by molar-refractivity contribution is -0.141. The van der Waals surface area contributed by atoms with Crippen LogP contribution >= 0.6 is 0 Å². The highest BCUT2D eigenvalue weighted by atomic mass is 16.3. The second-order valence-corrected chi connectivity index (χ2v) is 5.98. The Hall–Kier alpha value is -0.570. The Kier molecular flexibility index (Phi) is 3.24. The second-order valence-electron chi connectivity index (χ2n) is 5.98. The number of likely N-dealkylation sites (tertiary alicyclic amines) is 1. The lowest BCUT2D eigenvalue weighted by Crippen LogP contribution is -2.53. The zero-order valence-electron chi connectivity index (χ0n) is 10.4. The summed E-state index contributed by atoms with van der Waals surface area (Å²) in [5, 5.41) is 9.79. The lowest BCUT2D eigenvalue weighted by Gasteiger charge is -2.47. The molecule has 3 nitrogen and oxygen atoms in total. The van der Waals surface area contributed by atoms with Gasteiger partial charge in [-0.25, -0.2) is 0 Å². The highest BCUT2D eigenvalue weighted by Gasteiger charge is 2.41. The van der Waals surface area contributed by atoms with E-state index < -0.39 is 0 Å². The number of amides is 1. The predicted octanol–water partition coefficient (Wildman–Crippen LogP) is 1.94. The van der Waals surface area contributed by atoms with Crippen LogP contribution in [0, 0.1) is 5.41 Å². The summed E-state index contributed by atoms with van der Waals surface area (Å²) < 4.78 is 0. The van der Waals surface area contributed by atoms with E-state index in [0.717, 1.165) is 38.6 Å². The van der Waals surface area contributed by atoms with Gasteiger partial charge in [0.1, 0.15) is 0 Å². The summed E-state index contributed by atoms with van der Waals surface area (Å²) in [6.45, 7) is 5.34. The highest BCUT2D eigenvalue weighted by molar-refractivity contribution is 5.77. The Morgan fingerprint density at radius 2 is 2.12 bits per heavy atom. The molecule has 3 heteroatoms. The number of piperidine rings is 1. The van der Waals surface area contributed by atoms with Crippen molar-refractivity contribution in [3.8, 4) is 0 Å². The number of rotatable bonds is 1. The molecule has 2 unspecified atom stereocenters. The quantitative estimate of drug-likeness (QED) is 0.741. The number of hydrogen-bond acceptors (Lipinski definition) is 2. The van der Waals surface area contributed by atoms with E-state index in [0.29, 0.717) is 12.3 Å². The van der Waals surface area contributed by atoms with Gasteiger partial charge in [0.15, 0.2) is 0 Å². The van der Waals surface area contributed by atoms with E-state index in [9.17, 15) is 9.90 Å². The molecule has 2 aliphatic rings. The van der Waals surface area contributed by atoms with Gasteiger partial charge in [0.05, 0.1) is 6.10 Å². The Morgan fingerprint density at radius 1 is 1.38 bits per heavy atom. The minimum atomic E-state index is -0.215. The third-order valence-corrected chi connectivity index (χ3v) is 4.26. The molecule has 1 aliphatic carbocycles. The first-order valence-electron chi connectivity index (χ1n) is 6.48. The first-order chi connectivity index (χ1) is 7.50. The fourth-order valence-corrected chi connectivity index (χ4v) is 3.11. The van der Waals surface area contributed by atoms with Crippen molar-refractivity contribution >= 4 is 5.91 Å². The van der Waals surface area contributed by atoms with Crippen LogP contribution in [-0.4, -0.2) is 34.6 Å². The molecule has 2 fully saturated rings. The number of carbonyl (C=O) groups excluding carboxylic acids is 1. The maximum absolute atomic E-state index is 11.9. The van der Waals surface area contributed by atoms with Crippen LogP contribution in [0.4, 0.5) is 0 Å². The molecule has 2 rings (SSSR count). The number of nitrogens with zero attached hydrogens (tertiary/aromatic N) is 1. The molecular weight excluding hydrogens is 202 g/mol. The monoisotopic (exact) mass is 225 g/mol. The molecule has 1 amide bonds. The maximum atomic E-state index is 11.9. The zero-order valence-corrected chi connectivity index (χ0v) is 10.4. The SMILES string of the molecule is CC1(C)CCC(O)CC1N1CCCCC1=O. The van der Waals surface area contributed by atoms with Gasteiger partial charge in [0.25, 0.3) is 0 Å². The van der Waals surface area contributed by atoms with Crippen molar-refractivity contribution in [1.82, 2.24) is 4.90 Å². The van der Waals surface area contributed by atoms with E-state index >= 15 is 0 Å². The Balaban J connectivity index is 2.12. The molecule has 1 saturated carbocycles. The number of carbonyl (C=O) groups is 1. The smallest absolute Gasteiger partial charge is 0.222 e. The van der Waals surface area contributed by atoms with Crippen molar-refractivity contribution in [1.29, 1.82) is 0 Å². The summed E-state index contributed by atoms with van der Waals surface area (Å²) >= 11 is 0. The van der Waals surface area contributed by atoms with Gasteiger partial charge in [-0.05, 0) is 37.5 Å². The number of aliphatic hydroxyl groups is 1. The fourth-order valence-electron chi connectivity index (χ4n) is 3.11. The highest BCUT2D eigenvalue weighted by Crippen LogP contribution is 2.39. The fraction of sp³-hybridized carbons (Fsp3) is 0.923. The Labute approximate surface area is 97.8 Å². The van der Waals surface area contributed by atoms with Crippen molar-refractivity contribution in [2.24, 2.45) is 5.41 Å². The largest absolute Gasteiger partial charge is 0.393 e. The molecule has 0 spiro atoms. The summed E-state index contributed by atoms with van der Waals surface area (Å²) in [5.41, 5.74) is 0.159.